The summed E-state index contributed by atoms with van der Waals surface area (Å²) < 4.78 is 0. The van der Waals surface area contributed by atoms with Crippen LogP contribution in [0.25, 0.3) is 0 Å². The summed E-state index contributed by atoms with van der Waals surface area (Å²) in [6.07, 6.45) is 1.36. The molecular weight excluding hydrogens is 224 g/mol. The van der Waals surface area contributed by atoms with Gasteiger partial charge >= 0.3 is 0 Å². The molecule has 1 aliphatic rings. The zero-order chi connectivity index (χ0) is 13.8. The van der Waals surface area contributed by atoms with Gasteiger partial charge in [0.25, 0.3) is 0 Å². The Kier molecular flexibility index (Phi) is 5.45. The summed E-state index contributed by atoms with van der Waals surface area (Å²) in [5.74, 6) is 2.47. The van der Waals surface area contributed by atoms with Gasteiger partial charge in [-0.05, 0) is 32.1 Å². The molecule has 0 radical (unpaired) electrons. The fourth-order valence-corrected chi connectivity index (χ4v) is 2.85. The number of piperidine rings is 1. The van der Waals surface area contributed by atoms with Gasteiger partial charge in [-0.3, -0.25) is 9.89 Å². The third kappa shape index (κ3) is 4.16. The molecule has 2 N–H and O–H groups in total. The van der Waals surface area contributed by atoms with Crippen LogP contribution in [0, 0.1) is 11.8 Å². The molecule has 2 unspecified atom stereocenters. The molecule has 1 saturated heterocycles. The van der Waals surface area contributed by atoms with Crippen molar-refractivity contribution in [3.05, 3.63) is 0 Å². The van der Waals surface area contributed by atoms with E-state index in [1.807, 2.05) is 7.05 Å². The molecule has 0 saturated carbocycles. The molecule has 0 aromatic heterocycles. The van der Waals surface area contributed by atoms with Crippen LogP contribution in [-0.2, 0) is 0 Å². The largest absolute Gasteiger partial charge is 0.359 e. The standard InChI is InChI=1S/C14H30N4/c1-11-7-12(2)9-18(8-11)14(3,4)10-17-13(15-5)16-6/h11-12H,7-10H2,1-6H3,(H2,15,16,17). The molecular formula is C14H30N4. The third-order valence-electron chi connectivity index (χ3n) is 3.87. The normalized spacial score (nSPS) is 27.1. The van der Waals surface area contributed by atoms with Gasteiger partial charge < -0.3 is 10.6 Å². The first-order valence-electron chi connectivity index (χ1n) is 7.02. The van der Waals surface area contributed by atoms with E-state index in [2.05, 4.69) is 48.2 Å². The van der Waals surface area contributed by atoms with Crippen molar-refractivity contribution in [2.45, 2.75) is 39.7 Å². The van der Waals surface area contributed by atoms with Crippen LogP contribution in [0.3, 0.4) is 0 Å². The Labute approximate surface area is 112 Å². The predicted molar refractivity (Wildman–Crippen MR) is 79.0 cm³/mol. The molecule has 0 spiro atoms. The summed E-state index contributed by atoms with van der Waals surface area (Å²) in [4.78, 5) is 6.77. The Hall–Kier alpha value is -0.770. The molecule has 1 heterocycles. The Balaban J connectivity index is 2.56. The Morgan fingerprint density at radius 2 is 1.83 bits per heavy atom. The van der Waals surface area contributed by atoms with Gasteiger partial charge in [0.05, 0.1) is 0 Å². The highest BCUT2D eigenvalue weighted by molar-refractivity contribution is 5.79. The van der Waals surface area contributed by atoms with E-state index in [9.17, 15) is 0 Å². The van der Waals surface area contributed by atoms with Crippen LogP contribution in [0.1, 0.15) is 34.1 Å². The maximum absolute atomic E-state index is 4.16. The zero-order valence-electron chi connectivity index (χ0n) is 12.9. The van der Waals surface area contributed by atoms with Crippen molar-refractivity contribution in [1.82, 2.24) is 15.5 Å². The second-order valence-electron chi connectivity index (χ2n) is 6.34. The lowest BCUT2D eigenvalue weighted by atomic mass is 9.88. The highest BCUT2D eigenvalue weighted by atomic mass is 15.2. The van der Waals surface area contributed by atoms with Gasteiger partial charge in [-0.1, -0.05) is 13.8 Å². The van der Waals surface area contributed by atoms with Crippen LogP contribution in [0.15, 0.2) is 4.99 Å². The number of hydrogen-bond acceptors (Lipinski definition) is 2. The smallest absolute Gasteiger partial charge is 0.190 e. The predicted octanol–water partition coefficient (Wildman–Crippen LogP) is 1.54. The lowest BCUT2D eigenvalue weighted by Gasteiger charge is -2.45. The topological polar surface area (TPSA) is 39.7 Å². The van der Waals surface area contributed by atoms with Crippen LogP contribution in [0.2, 0.25) is 0 Å². The van der Waals surface area contributed by atoms with E-state index < -0.39 is 0 Å². The molecule has 1 rings (SSSR count). The number of rotatable bonds is 3. The van der Waals surface area contributed by atoms with Crippen molar-refractivity contribution >= 4 is 5.96 Å². The molecule has 18 heavy (non-hydrogen) atoms. The van der Waals surface area contributed by atoms with E-state index in [4.69, 9.17) is 0 Å². The van der Waals surface area contributed by atoms with Gasteiger partial charge in [-0.25, -0.2) is 0 Å². The van der Waals surface area contributed by atoms with E-state index in [1.54, 1.807) is 7.05 Å². The van der Waals surface area contributed by atoms with Gasteiger partial charge in [-0.2, -0.15) is 0 Å². The summed E-state index contributed by atoms with van der Waals surface area (Å²) >= 11 is 0. The van der Waals surface area contributed by atoms with Gasteiger partial charge in [0, 0.05) is 39.3 Å². The minimum Gasteiger partial charge on any atom is -0.359 e. The van der Waals surface area contributed by atoms with Crippen molar-refractivity contribution in [3.63, 3.8) is 0 Å². The number of nitrogens with one attached hydrogen (secondary N) is 2. The minimum atomic E-state index is 0.162. The molecule has 0 aromatic carbocycles. The fourth-order valence-electron chi connectivity index (χ4n) is 2.85. The summed E-state index contributed by atoms with van der Waals surface area (Å²) in [5.41, 5.74) is 0.162. The van der Waals surface area contributed by atoms with E-state index >= 15 is 0 Å². The molecule has 106 valence electrons. The molecule has 0 aromatic rings. The van der Waals surface area contributed by atoms with E-state index in [0.717, 1.165) is 24.3 Å². The van der Waals surface area contributed by atoms with Crippen molar-refractivity contribution in [1.29, 1.82) is 0 Å². The molecule has 1 aliphatic heterocycles. The monoisotopic (exact) mass is 254 g/mol. The minimum absolute atomic E-state index is 0.162. The fraction of sp³-hybridized carbons (Fsp3) is 0.929. The van der Waals surface area contributed by atoms with E-state index in [0.29, 0.717) is 0 Å². The van der Waals surface area contributed by atoms with Gasteiger partial charge in [-0.15, -0.1) is 0 Å². The molecule has 2 atom stereocenters. The average molecular weight is 254 g/mol. The van der Waals surface area contributed by atoms with Gasteiger partial charge in [0.1, 0.15) is 0 Å². The lowest BCUT2D eigenvalue weighted by Crippen LogP contribution is -2.57. The SMILES string of the molecule is CN=C(NC)NCC(C)(C)N1CC(C)CC(C)C1. The Bertz CT molecular complexity index is 276. The first kappa shape index (κ1) is 15.3. The summed E-state index contributed by atoms with van der Waals surface area (Å²) in [6, 6.07) is 0. The van der Waals surface area contributed by atoms with Crippen LogP contribution >= 0.6 is 0 Å². The lowest BCUT2D eigenvalue weighted by molar-refractivity contribution is 0.0484. The van der Waals surface area contributed by atoms with Gasteiger partial charge in [0.2, 0.25) is 0 Å². The third-order valence-corrected chi connectivity index (χ3v) is 3.87. The molecule has 4 heteroatoms. The second kappa shape index (κ2) is 6.41. The van der Waals surface area contributed by atoms with Crippen molar-refractivity contribution < 1.29 is 0 Å². The number of nitrogens with zero attached hydrogens (tertiary/aromatic N) is 2. The molecule has 4 nitrogen and oxygen atoms in total. The van der Waals surface area contributed by atoms with E-state index in [-0.39, 0.29) is 5.54 Å². The first-order valence-corrected chi connectivity index (χ1v) is 7.02. The molecule has 0 aliphatic carbocycles. The quantitative estimate of drug-likeness (QED) is 0.593. The number of likely N-dealkylation sites (tertiary alicyclic amines) is 1. The maximum atomic E-state index is 4.16. The van der Waals surface area contributed by atoms with Gasteiger partial charge in [0.15, 0.2) is 5.96 Å². The molecule has 0 amide bonds. The van der Waals surface area contributed by atoms with Crippen LogP contribution < -0.4 is 10.6 Å². The summed E-state index contributed by atoms with van der Waals surface area (Å²) in [6.45, 7) is 12.7. The average Bonchev–Trinajstić information content (AvgIpc) is 2.29. The van der Waals surface area contributed by atoms with Crippen molar-refractivity contribution in [3.8, 4) is 0 Å². The van der Waals surface area contributed by atoms with E-state index in [1.165, 1.54) is 19.5 Å². The number of hydrogen-bond donors (Lipinski definition) is 2. The maximum Gasteiger partial charge on any atom is 0.190 e. The van der Waals surface area contributed by atoms with Crippen LogP contribution in [-0.4, -0.2) is 50.1 Å². The number of guanidine groups is 1. The first-order chi connectivity index (χ1) is 8.39. The number of aliphatic imine (C=N–C) groups is 1. The zero-order valence-corrected chi connectivity index (χ0v) is 12.9. The van der Waals surface area contributed by atoms with Crippen molar-refractivity contribution in [2.75, 3.05) is 33.7 Å². The molecule has 0 bridgehead atoms. The highest BCUT2D eigenvalue weighted by Gasteiger charge is 2.32. The Morgan fingerprint density at radius 1 is 1.28 bits per heavy atom. The van der Waals surface area contributed by atoms with Crippen molar-refractivity contribution in [2.24, 2.45) is 16.8 Å². The second-order valence-corrected chi connectivity index (χ2v) is 6.34. The summed E-state index contributed by atoms with van der Waals surface area (Å²) in [5, 5.41) is 6.45. The summed E-state index contributed by atoms with van der Waals surface area (Å²) in [7, 11) is 3.70. The van der Waals surface area contributed by atoms with Crippen LogP contribution in [0.5, 0.6) is 0 Å². The Morgan fingerprint density at radius 3 is 2.28 bits per heavy atom. The molecule has 1 fully saturated rings. The highest BCUT2D eigenvalue weighted by Crippen LogP contribution is 2.26. The van der Waals surface area contributed by atoms with Crippen LogP contribution in [0.4, 0.5) is 0 Å².